The van der Waals surface area contributed by atoms with Crippen molar-refractivity contribution >= 4 is 97.8 Å². The number of rotatable bonds is 2. The van der Waals surface area contributed by atoms with Gasteiger partial charge in [-0.2, -0.15) is 0 Å². The summed E-state index contributed by atoms with van der Waals surface area (Å²) >= 11 is 7.55. The molecule has 0 nitrogen and oxygen atoms in total. The van der Waals surface area contributed by atoms with Gasteiger partial charge in [-0.3, -0.25) is 0 Å². The van der Waals surface area contributed by atoms with Gasteiger partial charge in [-0.25, -0.2) is 0 Å². The fourth-order valence-electron chi connectivity index (χ4n) is 4.41. The van der Waals surface area contributed by atoms with E-state index in [2.05, 4.69) is 74.9 Å². The highest BCUT2D eigenvalue weighted by Gasteiger charge is 2.14. The molecule has 0 amide bonds. The predicted molar refractivity (Wildman–Crippen MR) is 142 cm³/mol. The summed E-state index contributed by atoms with van der Waals surface area (Å²) in [7, 11) is 0. The number of thiophene rings is 4. The summed E-state index contributed by atoms with van der Waals surface area (Å²) in [5, 5.41) is 10.1. The molecule has 6 rings (SSSR count). The van der Waals surface area contributed by atoms with E-state index in [9.17, 15) is 0 Å². The standard InChI is InChI=1S/C26H20S4/c1-13-15(3)25-21(19-7-9-27-23(13)19)11-17(29-25)5-6-18-12-22-20-8-10-28-24(20)14(2)16(4)26(22)30-18/h5-12H,1-4H3. The summed E-state index contributed by atoms with van der Waals surface area (Å²) in [6.45, 7) is 9.05. The van der Waals surface area contributed by atoms with Gasteiger partial charge in [0, 0.05) is 50.1 Å². The van der Waals surface area contributed by atoms with E-state index in [1.165, 1.54) is 72.4 Å². The monoisotopic (exact) mass is 460 g/mol. The number of hydrogen-bond donors (Lipinski definition) is 0. The zero-order chi connectivity index (χ0) is 20.6. The summed E-state index contributed by atoms with van der Waals surface area (Å²) in [6.07, 6.45) is 4.60. The van der Waals surface area contributed by atoms with Crippen molar-refractivity contribution in [2.45, 2.75) is 27.7 Å². The molecule has 2 aromatic carbocycles. The Morgan fingerprint density at radius 3 is 1.37 bits per heavy atom. The maximum absolute atomic E-state index is 2.37. The van der Waals surface area contributed by atoms with Gasteiger partial charge in [-0.1, -0.05) is 0 Å². The lowest BCUT2D eigenvalue weighted by Crippen LogP contribution is -1.80. The molecule has 0 fully saturated rings. The van der Waals surface area contributed by atoms with Gasteiger partial charge in [0.1, 0.15) is 0 Å². The highest BCUT2D eigenvalue weighted by atomic mass is 32.1. The van der Waals surface area contributed by atoms with Gasteiger partial charge in [-0.05, 0) is 97.1 Å². The second kappa shape index (κ2) is 6.76. The number of hydrogen-bond acceptors (Lipinski definition) is 4. The molecule has 0 aliphatic carbocycles. The fourth-order valence-corrected chi connectivity index (χ4v) is 8.63. The third kappa shape index (κ3) is 2.61. The van der Waals surface area contributed by atoms with Crippen molar-refractivity contribution < 1.29 is 0 Å². The number of benzene rings is 2. The van der Waals surface area contributed by atoms with E-state index in [0.29, 0.717) is 0 Å². The van der Waals surface area contributed by atoms with Gasteiger partial charge in [0.05, 0.1) is 0 Å². The third-order valence-corrected chi connectivity index (χ3v) is 10.8. The van der Waals surface area contributed by atoms with E-state index in [1.54, 1.807) is 0 Å². The first-order valence-corrected chi connectivity index (χ1v) is 13.4. The average molecular weight is 461 g/mol. The van der Waals surface area contributed by atoms with Crippen LogP contribution in [0.5, 0.6) is 0 Å². The number of aryl methyl sites for hydroxylation is 4. The predicted octanol–water partition coefficient (Wildman–Crippen LogP) is 9.95. The van der Waals surface area contributed by atoms with Crippen LogP contribution in [0.3, 0.4) is 0 Å². The molecule has 0 saturated carbocycles. The van der Waals surface area contributed by atoms with Crippen LogP contribution in [-0.2, 0) is 0 Å². The summed E-state index contributed by atoms with van der Waals surface area (Å²) in [5.41, 5.74) is 5.72. The van der Waals surface area contributed by atoms with Gasteiger partial charge in [-0.15, -0.1) is 45.3 Å². The van der Waals surface area contributed by atoms with Gasteiger partial charge >= 0.3 is 0 Å². The van der Waals surface area contributed by atoms with Crippen LogP contribution >= 0.6 is 45.3 Å². The lowest BCUT2D eigenvalue weighted by molar-refractivity contribution is 1.44. The summed E-state index contributed by atoms with van der Waals surface area (Å²) in [4.78, 5) is 2.66. The first-order chi connectivity index (χ1) is 14.5. The smallest absolute Gasteiger partial charge is 0.0388 e. The molecule has 0 atom stereocenters. The topological polar surface area (TPSA) is 0 Å². The van der Waals surface area contributed by atoms with E-state index in [1.807, 2.05) is 45.3 Å². The SMILES string of the molecule is Cc1c(C)c2sc(C=Cc3cc4c(s3)c(C)c(C)c3sccc34)cc2c2ccsc12. The maximum atomic E-state index is 2.37. The Morgan fingerprint density at radius 1 is 0.533 bits per heavy atom. The molecule has 0 aliphatic heterocycles. The summed E-state index contributed by atoms with van der Waals surface area (Å²) in [5.74, 6) is 0. The quantitative estimate of drug-likeness (QED) is 0.241. The Balaban J connectivity index is 1.48. The second-order valence-corrected chi connectivity index (χ2v) is 11.9. The molecule has 148 valence electrons. The van der Waals surface area contributed by atoms with Crippen LogP contribution in [-0.4, -0.2) is 0 Å². The summed E-state index contributed by atoms with van der Waals surface area (Å²) in [6, 6.07) is 9.30. The van der Waals surface area contributed by atoms with Crippen LogP contribution in [0.1, 0.15) is 32.0 Å². The lowest BCUT2D eigenvalue weighted by Gasteiger charge is -2.03. The Kier molecular flexibility index (Phi) is 4.23. The molecule has 0 unspecified atom stereocenters. The third-order valence-electron chi connectivity index (χ3n) is 6.31. The first kappa shape index (κ1) is 18.8. The number of fused-ring (bicyclic) bond motifs is 6. The maximum Gasteiger partial charge on any atom is 0.0388 e. The zero-order valence-corrected chi connectivity index (χ0v) is 20.5. The normalized spacial score (nSPS) is 12.5. The molecule has 0 bridgehead atoms. The first-order valence-electron chi connectivity index (χ1n) is 10.0. The Hall–Kier alpha value is -1.98. The molecule has 4 aromatic heterocycles. The van der Waals surface area contributed by atoms with Crippen molar-refractivity contribution in [1.29, 1.82) is 0 Å². The van der Waals surface area contributed by atoms with Crippen LogP contribution < -0.4 is 0 Å². The molecule has 0 saturated heterocycles. The molecule has 0 N–H and O–H groups in total. The minimum atomic E-state index is 1.33. The van der Waals surface area contributed by atoms with Crippen molar-refractivity contribution in [1.82, 2.24) is 0 Å². The minimum absolute atomic E-state index is 1.33. The molecular formula is C26H20S4. The van der Waals surface area contributed by atoms with Crippen LogP contribution in [0.4, 0.5) is 0 Å². The molecule has 4 heterocycles. The molecule has 0 aliphatic rings. The van der Waals surface area contributed by atoms with Gasteiger partial charge in [0.2, 0.25) is 0 Å². The Labute approximate surface area is 191 Å². The largest absolute Gasteiger partial charge is 0.144 e. The van der Waals surface area contributed by atoms with Crippen molar-refractivity contribution in [2.75, 3.05) is 0 Å². The van der Waals surface area contributed by atoms with E-state index < -0.39 is 0 Å². The van der Waals surface area contributed by atoms with Gasteiger partial charge in [0.15, 0.2) is 0 Å². The molecule has 0 radical (unpaired) electrons. The zero-order valence-electron chi connectivity index (χ0n) is 17.3. The highest BCUT2D eigenvalue weighted by Crippen LogP contribution is 2.42. The van der Waals surface area contributed by atoms with Crippen molar-refractivity contribution in [3.63, 3.8) is 0 Å². The fraction of sp³-hybridized carbons (Fsp3) is 0.154. The van der Waals surface area contributed by atoms with E-state index in [4.69, 9.17) is 0 Å². The molecule has 0 spiro atoms. The van der Waals surface area contributed by atoms with Crippen LogP contribution in [0, 0.1) is 27.7 Å². The summed E-state index contributed by atoms with van der Waals surface area (Å²) < 4.78 is 5.73. The Bertz CT molecular complexity index is 1510. The molecule has 4 heteroatoms. The van der Waals surface area contributed by atoms with E-state index in [0.717, 1.165) is 0 Å². The van der Waals surface area contributed by atoms with Crippen LogP contribution in [0.2, 0.25) is 0 Å². The van der Waals surface area contributed by atoms with Gasteiger partial charge < -0.3 is 0 Å². The second-order valence-electron chi connectivity index (χ2n) is 7.94. The Morgan fingerprint density at radius 2 is 0.933 bits per heavy atom. The molecule has 30 heavy (non-hydrogen) atoms. The molecular weight excluding hydrogens is 441 g/mol. The minimum Gasteiger partial charge on any atom is -0.144 e. The van der Waals surface area contributed by atoms with Crippen molar-refractivity contribution in [2.24, 2.45) is 0 Å². The van der Waals surface area contributed by atoms with Crippen molar-refractivity contribution in [3.8, 4) is 0 Å². The van der Waals surface area contributed by atoms with Crippen LogP contribution in [0.15, 0.2) is 35.0 Å². The van der Waals surface area contributed by atoms with E-state index >= 15 is 0 Å². The van der Waals surface area contributed by atoms with Crippen molar-refractivity contribution in [3.05, 3.63) is 67.0 Å². The average Bonchev–Trinajstić information content (AvgIpc) is 3.51. The van der Waals surface area contributed by atoms with Crippen LogP contribution in [0.25, 0.3) is 52.5 Å². The highest BCUT2D eigenvalue weighted by molar-refractivity contribution is 7.22. The van der Waals surface area contributed by atoms with E-state index in [-0.39, 0.29) is 0 Å². The van der Waals surface area contributed by atoms with Gasteiger partial charge in [0.25, 0.3) is 0 Å². The molecule has 6 aromatic rings. The lowest BCUT2D eigenvalue weighted by atomic mass is 10.0.